The average molecular weight is 286 g/mol. The summed E-state index contributed by atoms with van der Waals surface area (Å²) in [5.74, 6) is -1.60. The molecule has 0 heterocycles. The number of halogens is 4. The molecule has 1 rings (SSSR count). The Hall–Kier alpha value is 0.766. The molecule has 0 N–H and O–H groups in total. The fraction of sp³-hybridized carbons (Fsp3) is 0.333. The van der Waals surface area contributed by atoms with Crippen LogP contribution in [0.5, 0.6) is 0 Å². The van der Waals surface area contributed by atoms with Crippen LogP contribution < -0.4 is 0 Å². The number of rotatable bonds is 0. The molecule has 60 valence electrons. The quantitative estimate of drug-likeness (QED) is 0.365. The summed E-state index contributed by atoms with van der Waals surface area (Å²) < 4.78 is 35.4. The van der Waals surface area contributed by atoms with E-state index in [1.54, 1.807) is 0 Å². The zero-order valence-electron chi connectivity index (χ0n) is 7.58. The van der Waals surface area contributed by atoms with E-state index in [9.17, 15) is 13.2 Å². The summed E-state index contributed by atoms with van der Waals surface area (Å²) in [5, 5.41) is 0. The van der Waals surface area contributed by atoms with Gasteiger partial charge in [0.2, 0.25) is 0 Å². The number of hydrogen-bond acceptors (Lipinski definition) is 0. The third kappa shape index (κ3) is 3.79. The molecule has 0 amide bonds. The van der Waals surface area contributed by atoms with Crippen LogP contribution in [-0.2, 0) is 0 Å². The zero-order chi connectivity index (χ0) is 7.78. The molecule has 0 nitrogen and oxygen atoms in total. The summed E-state index contributed by atoms with van der Waals surface area (Å²) >= 11 is 1.36. The molecule has 11 heavy (non-hydrogen) atoms. The number of alkyl halides is 2. The Morgan fingerprint density at radius 2 is 2.09 bits per heavy atom. The molecule has 0 fully saturated rings. The van der Waals surface area contributed by atoms with E-state index >= 15 is 0 Å². The normalized spacial score (nSPS) is 30.2. The van der Waals surface area contributed by atoms with Gasteiger partial charge in [0.1, 0.15) is 11.7 Å². The summed E-state index contributed by atoms with van der Waals surface area (Å²) in [6, 6.07) is 0. The van der Waals surface area contributed by atoms with Crippen LogP contribution in [0.2, 0.25) is 0 Å². The van der Waals surface area contributed by atoms with E-state index in [0.717, 1.165) is 6.08 Å². The Labute approximate surface area is 95.2 Å². The molecule has 1 aliphatic rings. The molecule has 1 unspecified atom stereocenters. The molecule has 5 heteroatoms. The predicted molar refractivity (Wildman–Crippen MR) is 48.8 cm³/mol. The van der Waals surface area contributed by atoms with Crippen molar-refractivity contribution in [1.82, 2.24) is 0 Å². The minimum absolute atomic E-state index is 0. The largest absolute Gasteiger partial charge is 2.00 e. The van der Waals surface area contributed by atoms with E-state index in [0.29, 0.717) is 6.08 Å². The van der Waals surface area contributed by atoms with Crippen molar-refractivity contribution >= 4 is 45.6 Å². The summed E-state index contributed by atoms with van der Waals surface area (Å²) in [6.07, 6.45) is 1.08. The first-order valence-corrected chi connectivity index (χ1v) is 3.70. The Balaban J connectivity index is -0.000000333. The van der Waals surface area contributed by atoms with E-state index in [2.05, 4.69) is 0 Å². The first-order chi connectivity index (χ1) is 4.49. The van der Waals surface area contributed by atoms with E-state index in [1.165, 1.54) is 22.6 Å². The number of allylic oxidation sites excluding steroid dienone is 4. The van der Waals surface area contributed by atoms with Gasteiger partial charge in [-0.3, -0.25) is 0 Å². The van der Waals surface area contributed by atoms with Gasteiger partial charge in [0.15, 0.2) is 3.68 Å². The van der Waals surface area contributed by atoms with Gasteiger partial charge < -0.3 is 2.85 Å². The monoisotopic (exact) mass is 286 g/mol. The molecule has 0 aromatic rings. The first-order valence-electron chi connectivity index (χ1n) is 2.62. The molecule has 0 spiro atoms. The van der Waals surface area contributed by atoms with Crippen molar-refractivity contribution in [3.63, 3.8) is 0 Å². The van der Waals surface area contributed by atoms with Crippen LogP contribution in [0.4, 0.5) is 13.2 Å². The van der Waals surface area contributed by atoms with E-state index in [-0.39, 0.29) is 32.3 Å². The van der Waals surface area contributed by atoms with Crippen LogP contribution in [0.1, 0.15) is 9.27 Å². The van der Waals surface area contributed by atoms with Crippen LogP contribution in [-0.4, -0.2) is 26.7 Å². The maximum absolute atomic E-state index is 12.8. The van der Waals surface area contributed by atoms with Crippen molar-refractivity contribution in [3.05, 3.63) is 23.8 Å². The summed E-state index contributed by atoms with van der Waals surface area (Å²) in [6.45, 7) is 0. The van der Waals surface area contributed by atoms with Crippen LogP contribution in [0.15, 0.2) is 23.8 Å². The minimum atomic E-state index is -1.89. The molecular formula is C6H6F3IMg. The van der Waals surface area contributed by atoms with Gasteiger partial charge in [-0.15, -0.1) is 0 Å². The van der Waals surface area contributed by atoms with Gasteiger partial charge >= 0.3 is 23.1 Å². The Morgan fingerprint density at radius 3 is 2.45 bits per heavy atom. The van der Waals surface area contributed by atoms with Gasteiger partial charge in [-0.2, -0.15) is 0 Å². The second kappa shape index (κ2) is 4.13. The van der Waals surface area contributed by atoms with Gasteiger partial charge in [-0.1, -0.05) is 0 Å². The van der Waals surface area contributed by atoms with Gasteiger partial charge in [-0.05, 0) is 28.7 Å². The molecule has 1 atom stereocenters. The van der Waals surface area contributed by atoms with Gasteiger partial charge in [0.05, 0.1) is 0 Å². The van der Waals surface area contributed by atoms with Crippen molar-refractivity contribution in [1.29, 1.82) is 0 Å². The van der Waals surface area contributed by atoms with Crippen molar-refractivity contribution in [2.75, 3.05) is 0 Å². The van der Waals surface area contributed by atoms with Crippen molar-refractivity contribution < 1.29 is 16.0 Å². The van der Waals surface area contributed by atoms with E-state index in [1.807, 2.05) is 0 Å². The van der Waals surface area contributed by atoms with Crippen molar-refractivity contribution in [2.45, 2.75) is 10.1 Å². The van der Waals surface area contributed by atoms with Crippen LogP contribution >= 0.6 is 22.6 Å². The fourth-order valence-corrected chi connectivity index (χ4v) is 1.38. The van der Waals surface area contributed by atoms with Crippen molar-refractivity contribution in [2.24, 2.45) is 0 Å². The third-order valence-electron chi connectivity index (χ3n) is 1.05. The molecule has 0 radical (unpaired) electrons. The first kappa shape index (κ1) is 11.8. The standard InChI is InChI=1S/C6H4F3I.Mg.2H/c7-4-1-5(8)3-6(9,10)2-4;;;/h1-2H,3H2;;;/q;+2;2*-1. The second-order valence-electron chi connectivity index (χ2n) is 2.06. The molecule has 0 aliphatic heterocycles. The molecular weight excluding hydrogens is 280 g/mol. The van der Waals surface area contributed by atoms with Gasteiger partial charge in [0, 0.05) is 12.5 Å². The molecule has 0 aromatic heterocycles. The van der Waals surface area contributed by atoms with E-state index < -0.39 is 15.3 Å². The predicted octanol–water partition coefficient (Wildman–Crippen LogP) is 3.04. The summed E-state index contributed by atoms with van der Waals surface area (Å²) in [4.78, 5) is 0. The Kier molecular flexibility index (Phi) is 4.42. The maximum atomic E-state index is 12.8. The Morgan fingerprint density at radius 1 is 1.55 bits per heavy atom. The molecule has 0 saturated heterocycles. The van der Waals surface area contributed by atoms with Crippen LogP contribution in [0.25, 0.3) is 0 Å². The zero-order valence-corrected chi connectivity index (χ0v) is 9.15. The molecule has 1 aliphatic carbocycles. The molecule has 0 aromatic carbocycles. The third-order valence-corrected chi connectivity index (χ3v) is 1.74. The SMILES string of the molecule is FC1=CC(F)(I)CC(F)=C1.[H-].[H-].[Mg+2]. The Bertz CT molecular complexity index is 218. The second-order valence-corrected chi connectivity index (χ2v) is 3.85. The summed E-state index contributed by atoms with van der Waals surface area (Å²) in [7, 11) is 0. The average Bonchev–Trinajstić information content (AvgIpc) is 1.54. The minimum Gasteiger partial charge on any atom is -1.00 e. The smallest absolute Gasteiger partial charge is 1.00 e. The topological polar surface area (TPSA) is 0 Å². The number of hydrogen-bond donors (Lipinski definition) is 0. The molecule has 0 bridgehead atoms. The van der Waals surface area contributed by atoms with Crippen molar-refractivity contribution in [3.8, 4) is 0 Å². The molecule has 0 saturated carbocycles. The van der Waals surface area contributed by atoms with Crippen LogP contribution in [0, 0.1) is 0 Å². The maximum Gasteiger partial charge on any atom is 2.00 e. The van der Waals surface area contributed by atoms with E-state index in [4.69, 9.17) is 0 Å². The summed E-state index contributed by atoms with van der Waals surface area (Å²) in [5.41, 5.74) is 0. The fourth-order valence-electron chi connectivity index (χ4n) is 0.720. The van der Waals surface area contributed by atoms with Gasteiger partial charge in [-0.25, -0.2) is 13.2 Å². The van der Waals surface area contributed by atoms with Crippen LogP contribution in [0.3, 0.4) is 0 Å². The van der Waals surface area contributed by atoms with Gasteiger partial charge in [0.25, 0.3) is 0 Å².